The van der Waals surface area contributed by atoms with Crippen LogP contribution in [-0.2, 0) is 0 Å². The minimum Gasteiger partial charge on any atom is -0.497 e. The van der Waals surface area contributed by atoms with Crippen LogP contribution >= 0.6 is 22.7 Å². The molecule has 6 aromatic rings. The number of nitrogens with zero attached hydrogens (tertiary/aromatic N) is 4. The van der Waals surface area contributed by atoms with E-state index in [1.807, 2.05) is 43.3 Å². The third-order valence-corrected chi connectivity index (χ3v) is 7.06. The molecule has 0 amide bonds. The monoisotopic (exact) mass is 419 g/mol. The molecule has 142 valence electrons. The van der Waals surface area contributed by atoms with Crippen molar-refractivity contribution in [2.75, 3.05) is 7.11 Å². The van der Waals surface area contributed by atoms with Gasteiger partial charge in [0.05, 0.1) is 27.5 Å². The number of methoxy groups -OCH3 is 1. The fourth-order valence-electron chi connectivity index (χ4n) is 3.67. The van der Waals surface area contributed by atoms with Gasteiger partial charge < -0.3 is 4.74 Å². The van der Waals surface area contributed by atoms with Gasteiger partial charge in [0.15, 0.2) is 15.6 Å². The first-order valence-corrected chi connectivity index (χ1v) is 10.5. The minimum atomic E-state index is -0.264. The number of aromatic nitrogens is 4. The molecule has 0 aliphatic heterocycles. The molecule has 0 unspecified atom stereocenters. The molecule has 0 saturated carbocycles. The van der Waals surface area contributed by atoms with E-state index in [2.05, 4.69) is 9.97 Å². The van der Waals surface area contributed by atoms with Gasteiger partial charge in [-0.1, -0.05) is 28.7 Å². The van der Waals surface area contributed by atoms with Crippen LogP contribution in [0.2, 0.25) is 0 Å². The van der Waals surface area contributed by atoms with Gasteiger partial charge in [0.1, 0.15) is 16.6 Å². The molecule has 0 fully saturated rings. The van der Waals surface area contributed by atoms with Crippen molar-refractivity contribution in [3.05, 3.63) is 57.8 Å². The highest BCUT2D eigenvalue weighted by molar-refractivity contribution is 7.24. The van der Waals surface area contributed by atoms with Gasteiger partial charge in [-0.2, -0.15) is 9.97 Å². The zero-order valence-electron chi connectivity index (χ0n) is 15.4. The van der Waals surface area contributed by atoms with Crippen LogP contribution in [0.15, 0.2) is 41.2 Å². The molecule has 0 bridgehead atoms. The van der Waals surface area contributed by atoms with Crippen molar-refractivity contribution in [2.24, 2.45) is 0 Å². The Bertz CT molecular complexity index is 1760. The Hall–Kier alpha value is -3.30. The second-order valence-electron chi connectivity index (χ2n) is 6.82. The maximum absolute atomic E-state index is 13.4. The molecular weight excluding hydrogens is 406 g/mol. The highest BCUT2D eigenvalue weighted by Gasteiger charge is 2.17. The highest BCUT2D eigenvalue weighted by Crippen LogP contribution is 2.29. The maximum Gasteiger partial charge on any atom is 0.272 e. The minimum absolute atomic E-state index is 0.0970. The molecule has 1 N–H and O–H groups in total. The number of hydrogen-bond acceptors (Lipinski definition) is 7. The van der Waals surface area contributed by atoms with Crippen LogP contribution in [0.3, 0.4) is 0 Å². The molecule has 0 aliphatic carbocycles. The smallest absolute Gasteiger partial charge is 0.272 e. The summed E-state index contributed by atoms with van der Waals surface area (Å²) in [6, 6.07) is 11.6. The number of hydrogen-bond donors (Lipinski definition) is 1. The standard InChI is InChI=1S/C20H13N5O2S2/c1-9-3-5-12-13(7-9)28-20-23-17-15(18(26)25(12)20)16(21)24-11-6-4-10(27-2)8-14(11)29-19(24)22-17/h3-8,21H,1-2H3. The molecule has 7 nitrogen and oxygen atoms in total. The molecule has 0 atom stereocenters. The Morgan fingerprint density at radius 1 is 0.966 bits per heavy atom. The van der Waals surface area contributed by atoms with E-state index in [0.29, 0.717) is 15.6 Å². The van der Waals surface area contributed by atoms with Gasteiger partial charge in [-0.3, -0.25) is 19.0 Å². The van der Waals surface area contributed by atoms with Crippen molar-refractivity contribution in [1.82, 2.24) is 18.8 Å². The topological polar surface area (TPSA) is 84.8 Å². The van der Waals surface area contributed by atoms with Crippen LogP contribution in [0.25, 0.3) is 41.4 Å². The average Bonchev–Trinajstić information content (AvgIpc) is 3.24. The van der Waals surface area contributed by atoms with Crippen LogP contribution in [0, 0.1) is 12.3 Å². The molecule has 6 rings (SSSR count). The first kappa shape index (κ1) is 16.6. The number of nitrogens with one attached hydrogen (secondary N) is 1. The number of aryl methyl sites for hydroxylation is 1. The van der Waals surface area contributed by atoms with Crippen molar-refractivity contribution < 1.29 is 4.74 Å². The number of ether oxygens (including phenoxy) is 1. The zero-order valence-corrected chi connectivity index (χ0v) is 17.0. The van der Waals surface area contributed by atoms with Gasteiger partial charge >= 0.3 is 0 Å². The second kappa shape index (κ2) is 5.62. The number of rotatable bonds is 1. The lowest BCUT2D eigenvalue weighted by molar-refractivity contribution is 0.415. The van der Waals surface area contributed by atoms with Crippen LogP contribution in [0.1, 0.15) is 5.56 Å². The Kier molecular flexibility index (Phi) is 3.22. The molecule has 0 spiro atoms. The number of fused-ring (bicyclic) bond motifs is 7. The summed E-state index contributed by atoms with van der Waals surface area (Å²) in [5.41, 5.74) is 2.89. The van der Waals surface area contributed by atoms with E-state index < -0.39 is 0 Å². The van der Waals surface area contributed by atoms with E-state index in [1.54, 1.807) is 15.9 Å². The second-order valence-corrected chi connectivity index (χ2v) is 8.84. The summed E-state index contributed by atoms with van der Waals surface area (Å²) in [5.74, 6) is 0.737. The fourth-order valence-corrected chi connectivity index (χ4v) is 5.83. The summed E-state index contributed by atoms with van der Waals surface area (Å²) in [5, 5.41) is 9.01. The molecular formula is C20H13N5O2S2. The van der Waals surface area contributed by atoms with Crippen LogP contribution in [0.4, 0.5) is 0 Å². The predicted octanol–water partition coefficient (Wildman–Crippen LogP) is 3.72. The van der Waals surface area contributed by atoms with Gasteiger partial charge in [0.2, 0.25) is 0 Å². The molecule has 0 radical (unpaired) electrons. The fraction of sp³-hybridized carbons (Fsp3) is 0.100. The van der Waals surface area contributed by atoms with Gasteiger partial charge in [0, 0.05) is 0 Å². The van der Waals surface area contributed by atoms with E-state index in [0.717, 1.165) is 31.7 Å². The zero-order chi connectivity index (χ0) is 19.9. The lowest BCUT2D eigenvalue weighted by Crippen LogP contribution is -2.25. The van der Waals surface area contributed by atoms with Crippen molar-refractivity contribution in [3.8, 4) is 5.75 Å². The summed E-state index contributed by atoms with van der Waals surface area (Å²) < 4.78 is 10.5. The number of benzene rings is 2. The van der Waals surface area contributed by atoms with Crippen LogP contribution < -0.4 is 15.8 Å². The lowest BCUT2D eigenvalue weighted by Gasteiger charge is -2.03. The van der Waals surface area contributed by atoms with Gasteiger partial charge in [-0.15, -0.1) is 0 Å². The molecule has 4 aromatic heterocycles. The first-order chi connectivity index (χ1) is 14.0. The first-order valence-electron chi connectivity index (χ1n) is 8.85. The largest absolute Gasteiger partial charge is 0.497 e. The van der Waals surface area contributed by atoms with E-state index in [4.69, 9.17) is 10.1 Å². The van der Waals surface area contributed by atoms with Crippen molar-refractivity contribution in [2.45, 2.75) is 6.92 Å². The summed E-state index contributed by atoms with van der Waals surface area (Å²) >= 11 is 2.90. The van der Waals surface area contributed by atoms with E-state index >= 15 is 0 Å². The van der Waals surface area contributed by atoms with Gasteiger partial charge in [0.25, 0.3) is 5.56 Å². The normalized spacial score (nSPS) is 12.1. The van der Waals surface area contributed by atoms with Gasteiger partial charge in [-0.05, 0) is 42.8 Å². The summed E-state index contributed by atoms with van der Waals surface area (Å²) in [4.78, 5) is 23.9. The Balaban J connectivity index is 1.83. The summed E-state index contributed by atoms with van der Waals surface area (Å²) in [6.07, 6.45) is 0. The average molecular weight is 419 g/mol. The SMILES string of the molecule is COc1ccc2c(c1)sc1nc3nc4sc5cc(C)ccc5n4c(=O)c3c(=N)n12. The lowest BCUT2D eigenvalue weighted by atomic mass is 10.2. The molecule has 0 saturated heterocycles. The molecule has 29 heavy (non-hydrogen) atoms. The van der Waals surface area contributed by atoms with E-state index in [1.165, 1.54) is 22.7 Å². The maximum atomic E-state index is 13.4. The van der Waals surface area contributed by atoms with Crippen LogP contribution in [0.5, 0.6) is 5.75 Å². The molecule has 4 heterocycles. The van der Waals surface area contributed by atoms with Crippen molar-refractivity contribution >= 4 is 64.1 Å². The number of thiazole rings is 2. The summed E-state index contributed by atoms with van der Waals surface area (Å²) in [6.45, 7) is 2.02. The quantitative estimate of drug-likeness (QED) is 0.440. The third kappa shape index (κ3) is 2.16. The molecule has 9 heteroatoms. The van der Waals surface area contributed by atoms with Gasteiger partial charge in [-0.25, -0.2) is 0 Å². The van der Waals surface area contributed by atoms with Crippen molar-refractivity contribution in [1.29, 1.82) is 5.41 Å². The Morgan fingerprint density at radius 2 is 1.62 bits per heavy atom. The predicted molar refractivity (Wildman–Crippen MR) is 116 cm³/mol. The van der Waals surface area contributed by atoms with E-state index in [-0.39, 0.29) is 16.4 Å². The summed E-state index contributed by atoms with van der Waals surface area (Å²) in [7, 11) is 1.62. The van der Waals surface area contributed by atoms with E-state index in [9.17, 15) is 4.79 Å². The molecule has 0 aliphatic rings. The Morgan fingerprint density at radius 3 is 2.38 bits per heavy atom. The highest BCUT2D eigenvalue weighted by atomic mass is 32.1. The third-order valence-electron chi connectivity index (χ3n) is 5.05. The Labute approximate surface area is 170 Å². The van der Waals surface area contributed by atoms with Crippen molar-refractivity contribution in [3.63, 3.8) is 0 Å². The van der Waals surface area contributed by atoms with Crippen LogP contribution in [-0.4, -0.2) is 25.9 Å². The molecule has 2 aromatic carbocycles.